The van der Waals surface area contributed by atoms with E-state index in [2.05, 4.69) is 19.9 Å². The van der Waals surface area contributed by atoms with Crippen LogP contribution in [0.25, 0.3) is 22.1 Å². The number of fused-ring (bicyclic) bond motifs is 8. The third kappa shape index (κ3) is 7.72. The molecule has 4 aromatic carbocycles. The minimum Gasteiger partial charge on any atom is -0.334 e. The van der Waals surface area contributed by atoms with Gasteiger partial charge in [-0.2, -0.15) is 0 Å². The van der Waals surface area contributed by atoms with E-state index in [1.165, 1.54) is 0 Å². The molecule has 2 amide bonds. The zero-order valence-electron chi connectivity index (χ0n) is 30.2. The SMILES string of the molecule is C.CCN(CC)C(=O)Cl.CCN(CC)C(=O)Sc1nc2c3c(ccc2[nH]1)C(=O)c1ccccc1C3=O.O=C1c2ccccc2C(=O)c2c1ccc1[nH]c(=S)[nH]c21. The van der Waals surface area contributed by atoms with E-state index in [1.807, 2.05) is 27.7 Å². The van der Waals surface area contributed by atoms with Crippen molar-refractivity contribution < 1.29 is 28.8 Å². The molecule has 0 radical (unpaired) electrons. The van der Waals surface area contributed by atoms with Gasteiger partial charge >= 0.3 is 5.37 Å². The second kappa shape index (κ2) is 17.4. The number of ketones is 4. The summed E-state index contributed by atoms with van der Waals surface area (Å²) in [7, 11) is 0. The van der Waals surface area contributed by atoms with E-state index >= 15 is 0 Å². The van der Waals surface area contributed by atoms with Gasteiger partial charge in [-0.15, -0.1) is 0 Å². The van der Waals surface area contributed by atoms with Gasteiger partial charge in [-0.3, -0.25) is 28.8 Å². The molecule has 6 aromatic rings. The highest BCUT2D eigenvalue weighted by atomic mass is 35.5. The molecule has 15 heteroatoms. The lowest BCUT2D eigenvalue weighted by atomic mass is 9.83. The molecule has 0 saturated heterocycles. The van der Waals surface area contributed by atoms with E-state index in [-0.39, 0.29) is 41.2 Å². The van der Waals surface area contributed by atoms with Gasteiger partial charge in [0.2, 0.25) is 0 Å². The Morgan fingerprint density at radius 3 is 1.57 bits per heavy atom. The highest BCUT2D eigenvalue weighted by Crippen LogP contribution is 2.34. The molecule has 2 heterocycles. The second-order valence-corrected chi connectivity index (χ2v) is 14.0. The Bertz CT molecular complexity index is 2600. The number of hydrogen-bond acceptors (Lipinski definition) is 9. The fourth-order valence-electron chi connectivity index (χ4n) is 6.47. The van der Waals surface area contributed by atoms with E-state index < -0.39 is 0 Å². The van der Waals surface area contributed by atoms with Crippen LogP contribution < -0.4 is 0 Å². The van der Waals surface area contributed by atoms with Crippen molar-refractivity contribution in [1.82, 2.24) is 29.7 Å². The van der Waals surface area contributed by atoms with E-state index in [9.17, 15) is 28.8 Å². The summed E-state index contributed by atoms with van der Waals surface area (Å²) in [6, 6.07) is 20.5. The van der Waals surface area contributed by atoms with Crippen molar-refractivity contribution in [2.24, 2.45) is 0 Å². The molecular formula is C41H39ClN6O6S2. The molecule has 288 valence electrons. The number of aromatic nitrogens is 4. The van der Waals surface area contributed by atoms with Crippen molar-refractivity contribution >= 4 is 91.4 Å². The van der Waals surface area contributed by atoms with E-state index in [0.717, 1.165) is 17.3 Å². The Morgan fingerprint density at radius 2 is 1.09 bits per heavy atom. The molecule has 0 aliphatic heterocycles. The molecule has 2 aliphatic rings. The third-order valence-electron chi connectivity index (χ3n) is 9.32. The van der Waals surface area contributed by atoms with Crippen LogP contribution in [-0.2, 0) is 0 Å². The number of carbonyl (C=O) groups excluding carboxylic acids is 6. The number of nitrogens with zero attached hydrogens (tertiary/aromatic N) is 3. The average molecular weight is 811 g/mol. The monoisotopic (exact) mass is 810 g/mol. The maximum Gasteiger partial charge on any atom is 0.316 e. The molecule has 0 saturated carbocycles. The Balaban J connectivity index is 0.000000182. The van der Waals surface area contributed by atoms with Crippen LogP contribution in [0.1, 0.15) is 98.8 Å². The molecule has 2 aromatic heterocycles. The number of nitrogens with one attached hydrogen (secondary N) is 3. The molecular weight excluding hydrogens is 772 g/mol. The molecule has 2 aliphatic carbocycles. The molecule has 0 atom stereocenters. The number of H-pyrrole nitrogens is 3. The summed E-state index contributed by atoms with van der Waals surface area (Å²) in [6.07, 6.45) is 0. The number of imidazole rings is 2. The van der Waals surface area contributed by atoms with Gasteiger partial charge in [-0.1, -0.05) is 56.0 Å². The van der Waals surface area contributed by atoms with Crippen molar-refractivity contribution in [1.29, 1.82) is 0 Å². The second-order valence-electron chi connectivity index (χ2n) is 12.3. The van der Waals surface area contributed by atoms with Crippen LogP contribution >= 0.6 is 35.6 Å². The van der Waals surface area contributed by atoms with Crippen LogP contribution in [0.3, 0.4) is 0 Å². The number of benzene rings is 4. The van der Waals surface area contributed by atoms with Gasteiger partial charge in [0.1, 0.15) is 5.52 Å². The molecule has 8 rings (SSSR count). The number of halogens is 1. The standard InChI is InChI=1S/C20H17N3O3S.C15H8N2O2S.C5H10ClNO.CH4/c1-3-23(4-2)20(26)27-19-21-14-10-9-13-15(16(14)22-19)18(25)12-8-6-5-7-11(12)17(13)24;18-13-7-3-1-2-4-8(7)14(19)11-9(13)5-6-10-12(11)17-15(20)16-10;1-3-7(4-2)5(6)8;/h5-10H,3-4H2,1-2H3,(H,21,22);1-6H,(H2,16,17,20);3-4H2,1-2H3;1H4. The quantitative estimate of drug-likeness (QED) is 0.0664. The molecule has 0 fully saturated rings. The average Bonchev–Trinajstić information content (AvgIpc) is 3.78. The van der Waals surface area contributed by atoms with Crippen LogP contribution in [0.5, 0.6) is 0 Å². The first-order chi connectivity index (χ1) is 26.4. The van der Waals surface area contributed by atoms with Gasteiger partial charge in [0.25, 0.3) is 5.24 Å². The summed E-state index contributed by atoms with van der Waals surface area (Å²) < 4.78 is 0.438. The van der Waals surface area contributed by atoms with Gasteiger partial charge in [0.15, 0.2) is 33.1 Å². The predicted molar refractivity (Wildman–Crippen MR) is 221 cm³/mol. The van der Waals surface area contributed by atoms with Crippen molar-refractivity contribution in [2.45, 2.75) is 40.3 Å². The molecule has 56 heavy (non-hydrogen) atoms. The largest absolute Gasteiger partial charge is 0.334 e. The van der Waals surface area contributed by atoms with E-state index in [1.54, 1.807) is 82.6 Å². The zero-order chi connectivity index (χ0) is 39.6. The number of carbonyl (C=O) groups is 6. The Labute approximate surface area is 337 Å². The van der Waals surface area contributed by atoms with Crippen molar-refractivity contribution in [3.05, 3.63) is 122 Å². The fraction of sp³-hybridized carbons (Fsp3) is 0.220. The Morgan fingerprint density at radius 1 is 0.625 bits per heavy atom. The lowest BCUT2D eigenvalue weighted by Gasteiger charge is -2.17. The number of amides is 2. The van der Waals surface area contributed by atoms with Crippen molar-refractivity contribution in [3.63, 3.8) is 0 Å². The fourth-order valence-corrected chi connectivity index (χ4v) is 7.77. The van der Waals surface area contributed by atoms with Gasteiger partial charge in [0.05, 0.1) is 27.7 Å². The highest BCUT2D eigenvalue weighted by molar-refractivity contribution is 8.13. The van der Waals surface area contributed by atoms with Crippen LogP contribution in [0.4, 0.5) is 9.59 Å². The zero-order valence-corrected chi connectivity index (χ0v) is 32.6. The Kier molecular flexibility index (Phi) is 12.9. The minimum absolute atomic E-state index is 0. The first-order valence-corrected chi connectivity index (χ1v) is 19.1. The number of thioether (sulfide) groups is 1. The number of rotatable bonds is 5. The topological polar surface area (TPSA) is 169 Å². The molecule has 12 nitrogen and oxygen atoms in total. The van der Waals surface area contributed by atoms with Crippen LogP contribution in [0.2, 0.25) is 0 Å². The van der Waals surface area contributed by atoms with Crippen LogP contribution in [0, 0.1) is 4.77 Å². The van der Waals surface area contributed by atoms with E-state index in [4.69, 9.17) is 23.8 Å². The lowest BCUT2D eigenvalue weighted by Crippen LogP contribution is -2.26. The van der Waals surface area contributed by atoms with Gasteiger partial charge in [-0.25, -0.2) is 4.98 Å². The number of aromatic amines is 3. The minimum atomic E-state index is -0.366. The maximum absolute atomic E-state index is 13.0. The summed E-state index contributed by atoms with van der Waals surface area (Å²) in [5.41, 5.74) is 5.56. The summed E-state index contributed by atoms with van der Waals surface area (Å²) >= 11 is 11.2. The highest BCUT2D eigenvalue weighted by Gasteiger charge is 2.33. The Hall–Kier alpha value is -5.70. The molecule has 0 bridgehead atoms. The smallest absolute Gasteiger partial charge is 0.316 e. The summed E-state index contributed by atoms with van der Waals surface area (Å²) in [5.74, 6) is -0.675. The third-order valence-corrected chi connectivity index (χ3v) is 10.6. The van der Waals surface area contributed by atoms with E-state index in [0.29, 0.717) is 97.2 Å². The van der Waals surface area contributed by atoms with Crippen LogP contribution in [0.15, 0.2) is 78.0 Å². The lowest BCUT2D eigenvalue weighted by molar-refractivity contribution is 0.0980. The van der Waals surface area contributed by atoms with Crippen molar-refractivity contribution in [3.8, 4) is 0 Å². The normalized spacial score (nSPS) is 12.2. The van der Waals surface area contributed by atoms with Gasteiger partial charge in [0, 0.05) is 71.3 Å². The summed E-state index contributed by atoms with van der Waals surface area (Å²) in [5, 5.41) is -0.0647. The summed E-state index contributed by atoms with van der Waals surface area (Å²) in [4.78, 5) is 90.3. The maximum atomic E-state index is 13.0. The van der Waals surface area contributed by atoms with Gasteiger partial charge < -0.3 is 24.8 Å². The first kappa shape index (κ1) is 41.5. The summed E-state index contributed by atoms with van der Waals surface area (Å²) in [6.45, 7) is 10.2. The van der Waals surface area contributed by atoms with Gasteiger partial charge in [-0.05, 0) is 75.8 Å². The molecule has 0 spiro atoms. The van der Waals surface area contributed by atoms with Crippen molar-refractivity contribution in [2.75, 3.05) is 26.2 Å². The molecule has 0 unspecified atom stereocenters. The molecule has 3 N–H and O–H groups in total. The first-order valence-electron chi connectivity index (χ1n) is 17.5. The van der Waals surface area contributed by atoms with Crippen LogP contribution in [-0.4, -0.2) is 89.7 Å². The predicted octanol–water partition coefficient (Wildman–Crippen LogP) is 9.22. The number of hydrogen-bond donors (Lipinski definition) is 3.